The van der Waals surface area contributed by atoms with Gasteiger partial charge in [-0.15, -0.1) is 0 Å². The number of alkyl halides is 3. The van der Waals surface area contributed by atoms with E-state index in [1.807, 2.05) is 0 Å². The first-order chi connectivity index (χ1) is 14.2. The molecule has 2 atom stereocenters. The Morgan fingerprint density at radius 3 is 2.10 bits per heavy atom. The topological polar surface area (TPSA) is 21.6 Å². The van der Waals surface area contributed by atoms with Crippen LogP contribution in [0.5, 0.6) is 0 Å². The fourth-order valence-electron chi connectivity index (χ4n) is 3.42. The molecule has 1 heterocycles. The zero-order valence-electron chi connectivity index (χ0n) is 15.8. The molecule has 4 rings (SSSR count). The largest absolute Gasteiger partial charge is 0.472 e. The predicted octanol–water partition coefficient (Wildman–Crippen LogP) is 6.56. The van der Waals surface area contributed by atoms with Gasteiger partial charge in [0.05, 0.1) is 5.56 Å². The molecule has 0 bridgehead atoms. The molecule has 0 amide bonds. The van der Waals surface area contributed by atoms with Gasteiger partial charge in [-0.3, -0.25) is 0 Å². The summed E-state index contributed by atoms with van der Waals surface area (Å²) in [6.07, 6.45) is -4.88. The first kappa shape index (κ1) is 20.1. The van der Waals surface area contributed by atoms with Crippen molar-refractivity contribution in [1.82, 2.24) is 0 Å². The Morgan fingerprint density at radius 1 is 0.833 bits per heavy atom. The molecular formula is C23H16F5NO. The van der Waals surface area contributed by atoms with Crippen molar-refractivity contribution in [3.05, 3.63) is 95.1 Å². The van der Waals surface area contributed by atoms with E-state index in [-0.39, 0.29) is 11.5 Å². The molecule has 0 N–H and O–H groups in total. The van der Waals surface area contributed by atoms with Gasteiger partial charge in [0.25, 0.3) is 0 Å². The van der Waals surface area contributed by atoms with Gasteiger partial charge in [0.15, 0.2) is 0 Å². The average molecular weight is 417 g/mol. The highest BCUT2D eigenvalue weighted by atomic mass is 19.4. The third-order valence-electron chi connectivity index (χ3n) is 4.95. The monoisotopic (exact) mass is 417 g/mol. The number of ether oxygens (including phenoxy) is 1. The average Bonchev–Trinajstić information content (AvgIpc) is 3.08. The molecule has 2 nitrogen and oxygen atoms in total. The van der Waals surface area contributed by atoms with Crippen LogP contribution >= 0.6 is 0 Å². The maximum absolute atomic E-state index is 14.0. The molecule has 3 aromatic carbocycles. The van der Waals surface area contributed by atoms with E-state index < -0.39 is 35.5 Å². The van der Waals surface area contributed by atoms with E-state index in [0.29, 0.717) is 11.1 Å². The predicted molar refractivity (Wildman–Crippen MR) is 103 cm³/mol. The molecule has 0 saturated carbocycles. The highest BCUT2D eigenvalue weighted by Crippen LogP contribution is 2.35. The van der Waals surface area contributed by atoms with Gasteiger partial charge in [-0.2, -0.15) is 13.2 Å². The zero-order valence-corrected chi connectivity index (χ0v) is 15.8. The SMILES string of the molecule is C[C@@H]1OC(c2c(F)cccc2F)=N[C@H]1c1ccc(-c2cccc(C(F)(F)F)c2)cc1. The molecule has 0 unspecified atom stereocenters. The van der Waals surface area contributed by atoms with E-state index >= 15 is 0 Å². The van der Waals surface area contributed by atoms with E-state index in [9.17, 15) is 22.0 Å². The number of nitrogens with zero attached hydrogens (tertiary/aromatic N) is 1. The Kier molecular flexibility index (Phi) is 5.05. The van der Waals surface area contributed by atoms with Crippen LogP contribution in [0.4, 0.5) is 22.0 Å². The first-order valence-electron chi connectivity index (χ1n) is 9.20. The highest BCUT2D eigenvalue weighted by Gasteiger charge is 2.32. The number of benzene rings is 3. The smallest absolute Gasteiger partial charge is 0.416 e. The third kappa shape index (κ3) is 3.79. The quantitative estimate of drug-likeness (QED) is 0.443. The second-order valence-corrected chi connectivity index (χ2v) is 7.00. The minimum absolute atomic E-state index is 0.106. The van der Waals surface area contributed by atoms with Gasteiger partial charge in [0, 0.05) is 0 Å². The lowest BCUT2D eigenvalue weighted by atomic mass is 9.98. The number of hydrogen-bond acceptors (Lipinski definition) is 2. The first-order valence-corrected chi connectivity index (χ1v) is 9.20. The van der Waals surface area contributed by atoms with Crippen LogP contribution in [0, 0.1) is 11.6 Å². The standard InChI is InChI=1S/C23H16F5NO/c1-13-21(29-22(30-13)20-18(24)6-3-7-19(20)25)15-10-8-14(9-11-15)16-4-2-5-17(12-16)23(26,27)28/h2-13,21H,1H3/t13-,21+/m0/s1. The molecule has 1 aliphatic rings. The van der Waals surface area contributed by atoms with Crippen LogP contribution < -0.4 is 0 Å². The van der Waals surface area contributed by atoms with Crippen LogP contribution in [0.1, 0.15) is 29.7 Å². The molecule has 0 radical (unpaired) electrons. The highest BCUT2D eigenvalue weighted by molar-refractivity contribution is 5.96. The van der Waals surface area contributed by atoms with Crippen LogP contribution in [0.25, 0.3) is 11.1 Å². The van der Waals surface area contributed by atoms with Gasteiger partial charge < -0.3 is 4.74 Å². The summed E-state index contributed by atoms with van der Waals surface area (Å²) in [5.41, 5.74) is 0.742. The number of aliphatic imine (C=N–C) groups is 1. The maximum Gasteiger partial charge on any atom is 0.416 e. The summed E-state index contributed by atoms with van der Waals surface area (Å²) in [7, 11) is 0. The van der Waals surface area contributed by atoms with Gasteiger partial charge in [-0.1, -0.05) is 42.5 Å². The second-order valence-electron chi connectivity index (χ2n) is 7.00. The molecule has 0 aliphatic carbocycles. The Hall–Kier alpha value is -3.22. The second kappa shape index (κ2) is 7.55. The molecular weight excluding hydrogens is 401 g/mol. The normalized spacial score (nSPS) is 18.8. The fourth-order valence-corrected chi connectivity index (χ4v) is 3.42. The van der Waals surface area contributed by atoms with Crippen LogP contribution in [-0.4, -0.2) is 12.0 Å². The third-order valence-corrected chi connectivity index (χ3v) is 4.95. The Bertz CT molecular complexity index is 1090. The van der Waals surface area contributed by atoms with Crippen molar-refractivity contribution in [2.45, 2.75) is 25.2 Å². The molecule has 0 aromatic heterocycles. The zero-order chi connectivity index (χ0) is 21.5. The van der Waals surface area contributed by atoms with Gasteiger partial charge in [0.2, 0.25) is 5.90 Å². The van der Waals surface area contributed by atoms with Crippen molar-refractivity contribution in [3.63, 3.8) is 0 Å². The molecule has 154 valence electrons. The van der Waals surface area contributed by atoms with Crippen molar-refractivity contribution in [2.75, 3.05) is 0 Å². The van der Waals surface area contributed by atoms with Gasteiger partial charge in [-0.25, -0.2) is 13.8 Å². The Labute approximate surface area is 169 Å². The number of hydrogen-bond donors (Lipinski definition) is 0. The van der Waals surface area contributed by atoms with E-state index in [1.165, 1.54) is 12.1 Å². The maximum atomic E-state index is 14.0. The lowest BCUT2D eigenvalue weighted by Gasteiger charge is -2.14. The molecule has 3 aromatic rings. The van der Waals surface area contributed by atoms with Crippen LogP contribution in [0.15, 0.2) is 71.7 Å². The van der Waals surface area contributed by atoms with Crippen molar-refractivity contribution in [1.29, 1.82) is 0 Å². The Morgan fingerprint density at radius 2 is 1.47 bits per heavy atom. The van der Waals surface area contributed by atoms with Gasteiger partial charge in [-0.05, 0) is 47.9 Å². The lowest BCUT2D eigenvalue weighted by Crippen LogP contribution is -2.14. The van der Waals surface area contributed by atoms with E-state index in [4.69, 9.17) is 4.74 Å². The molecule has 0 saturated heterocycles. The molecule has 7 heteroatoms. The lowest BCUT2D eigenvalue weighted by molar-refractivity contribution is -0.137. The summed E-state index contributed by atoms with van der Waals surface area (Å²) >= 11 is 0. The van der Waals surface area contributed by atoms with E-state index in [2.05, 4.69) is 4.99 Å². The van der Waals surface area contributed by atoms with Crippen molar-refractivity contribution in [2.24, 2.45) is 4.99 Å². The number of halogens is 5. The van der Waals surface area contributed by atoms with Crippen LogP contribution in [-0.2, 0) is 10.9 Å². The molecule has 0 fully saturated rings. The van der Waals surface area contributed by atoms with Gasteiger partial charge >= 0.3 is 6.18 Å². The van der Waals surface area contributed by atoms with E-state index in [1.54, 1.807) is 37.3 Å². The molecule has 1 aliphatic heterocycles. The minimum Gasteiger partial charge on any atom is -0.472 e. The minimum atomic E-state index is -4.42. The number of rotatable bonds is 3. The summed E-state index contributed by atoms with van der Waals surface area (Å²) in [6.45, 7) is 1.74. The fraction of sp³-hybridized carbons (Fsp3) is 0.174. The summed E-state index contributed by atoms with van der Waals surface area (Å²) in [5, 5.41) is 0. The van der Waals surface area contributed by atoms with Gasteiger partial charge in [0.1, 0.15) is 29.3 Å². The van der Waals surface area contributed by atoms with Crippen molar-refractivity contribution >= 4 is 5.90 Å². The Balaban J connectivity index is 1.63. The van der Waals surface area contributed by atoms with Crippen molar-refractivity contribution < 1.29 is 26.7 Å². The summed E-state index contributed by atoms with van der Waals surface area (Å²) in [5.74, 6) is -1.63. The summed E-state index contributed by atoms with van der Waals surface area (Å²) in [6, 6.07) is 14.9. The van der Waals surface area contributed by atoms with E-state index in [0.717, 1.165) is 29.8 Å². The van der Waals surface area contributed by atoms with Crippen molar-refractivity contribution in [3.8, 4) is 11.1 Å². The molecule has 0 spiro atoms. The van der Waals surface area contributed by atoms with Crippen LogP contribution in [0.2, 0.25) is 0 Å². The summed E-state index contributed by atoms with van der Waals surface area (Å²) < 4.78 is 72.5. The molecule has 30 heavy (non-hydrogen) atoms. The van der Waals surface area contributed by atoms with Crippen LogP contribution in [0.3, 0.4) is 0 Å². The summed E-state index contributed by atoms with van der Waals surface area (Å²) in [4.78, 5) is 4.35.